The fourth-order valence-electron chi connectivity index (χ4n) is 1.17. The lowest BCUT2D eigenvalue weighted by molar-refractivity contribution is -0.870. The Labute approximate surface area is 64.5 Å². The standard InChI is InChI=1S/C8H8N2O/c11-10-6-8-4-2-1-3-7(8)5-9-10/h1-5,10H,6H2. The number of hydrogen-bond donors (Lipinski definition) is 1. The van der Waals surface area contributed by atoms with E-state index in [9.17, 15) is 5.21 Å². The monoisotopic (exact) mass is 148 g/mol. The highest BCUT2D eigenvalue weighted by molar-refractivity contribution is 5.81. The van der Waals surface area contributed by atoms with Crippen LogP contribution < -0.4 is 5.17 Å². The summed E-state index contributed by atoms with van der Waals surface area (Å²) in [5.41, 5.74) is 2.14. The molecule has 2 rings (SSSR count). The first-order valence-electron chi connectivity index (χ1n) is 3.51. The molecular weight excluding hydrogens is 140 g/mol. The van der Waals surface area contributed by atoms with E-state index in [1.165, 1.54) is 0 Å². The Hall–Kier alpha value is -1.19. The van der Waals surface area contributed by atoms with Gasteiger partial charge in [-0.15, -0.1) is 0 Å². The third-order valence-corrected chi connectivity index (χ3v) is 1.74. The lowest BCUT2D eigenvalue weighted by Crippen LogP contribution is -3.01. The van der Waals surface area contributed by atoms with Gasteiger partial charge in [-0.1, -0.05) is 29.4 Å². The summed E-state index contributed by atoms with van der Waals surface area (Å²) in [6.45, 7) is 0.451. The van der Waals surface area contributed by atoms with Crippen molar-refractivity contribution in [2.75, 3.05) is 0 Å². The first kappa shape index (κ1) is 6.52. The Morgan fingerprint density at radius 3 is 3.09 bits per heavy atom. The lowest BCUT2D eigenvalue weighted by Gasteiger charge is -2.19. The van der Waals surface area contributed by atoms with E-state index in [4.69, 9.17) is 0 Å². The molecule has 1 aliphatic rings. The summed E-state index contributed by atoms with van der Waals surface area (Å²) in [7, 11) is 0. The molecule has 1 aliphatic heterocycles. The molecule has 0 fully saturated rings. The third kappa shape index (κ3) is 1.15. The quantitative estimate of drug-likeness (QED) is 0.513. The van der Waals surface area contributed by atoms with Crippen molar-refractivity contribution >= 4 is 6.21 Å². The molecular formula is C8H8N2O. The minimum absolute atomic E-state index is 0.0521. The van der Waals surface area contributed by atoms with Gasteiger partial charge in [-0.2, -0.15) is 0 Å². The summed E-state index contributed by atoms with van der Waals surface area (Å²) in [5.74, 6) is 0. The minimum atomic E-state index is -0.0521. The van der Waals surface area contributed by atoms with Crippen LogP contribution in [0.25, 0.3) is 0 Å². The van der Waals surface area contributed by atoms with Gasteiger partial charge in [0.1, 0.15) is 6.54 Å². The number of rotatable bonds is 0. The maximum Gasteiger partial charge on any atom is 0.127 e. The van der Waals surface area contributed by atoms with Crippen LogP contribution in [-0.4, -0.2) is 6.21 Å². The average molecular weight is 148 g/mol. The lowest BCUT2D eigenvalue weighted by atomic mass is 10.1. The van der Waals surface area contributed by atoms with Crippen molar-refractivity contribution in [2.45, 2.75) is 6.54 Å². The van der Waals surface area contributed by atoms with E-state index < -0.39 is 0 Å². The van der Waals surface area contributed by atoms with E-state index in [0.717, 1.165) is 11.1 Å². The number of fused-ring (bicyclic) bond motifs is 1. The van der Waals surface area contributed by atoms with Crippen molar-refractivity contribution in [1.29, 1.82) is 0 Å². The molecule has 0 radical (unpaired) electrons. The maximum atomic E-state index is 10.8. The van der Waals surface area contributed by atoms with Gasteiger partial charge in [0.05, 0.1) is 6.21 Å². The van der Waals surface area contributed by atoms with Crippen LogP contribution in [0.4, 0.5) is 0 Å². The molecule has 0 bridgehead atoms. The van der Waals surface area contributed by atoms with E-state index in [1.54, 1.807) is 6.21 Å². The maximum absolute atomic E-state index is 10.8. The van der Waals surface area contributed by atoms with Gasteiger partial charge in [-0.25, -0.2) is 5.17 Å². The van der Waals surface area contributed by atoms with Crippen LogP contribution in [0, 0.1) is 5.21 Å². The van der Waals surface area contributed by atoms with Gasteiger partial charge in [0.25, 0.3) is 0 Å². The van der Waals surface area contributed by atoms with Crippen LogP contribution in [0.3, 0.4) is 0 Å². The number of benzene rings is 1. The summed E-state index contributed by atoms with van der Waals surface area (Å²) >= 11 is 0. The fraction of sp³-hybridized carbons (Fsp3) is 0.125. The van der Waals surface area contributed by atoms with E-state index in [1.807, 2.05) is 24.3 Å². The highest BCUT2D eigenvalue weighted by Crippen LogP contribution is 2.05. The average Bonchev–Trinajstić information content (AvgIpc) is 2.04. The highest BCUT2D eigenvalue weighted by atomic mass is 16.5. The van der Waals surface area contributed by atoms with Gasteiger partial charge in [-0.3, -0.25) is 0 Å². The summed E-state index contributed by atoms with van der Waals surface area (Å²) in [6, 6.07) is 7.80. The summed E-state index contributed by atoms with van der Waals surface area (Å²) < 4.78 is 0. The van der Waals surface area contributed by atoms with Gasteiger partial charge in [0.15, 0.2) is 0 Å². The number of hydrogen-bond acceptors (Lipinski definition) is 2. The summed E-state index contributed by atoms with van der Waals surface area (Å²) in [5, 5.41) is 14.5. The van der Waals surface area contributed by atoms with Crippen LogP contribution >= 0.6 is 0 Å². The van der Waals surface area contributed by atoms with Crippen LogP contribution in [-0.2, 0) is 6.54 Å². The van der Waals surface area contributed by atoms with Crippen molar-refractivity contribution in [2.24, 2.45) is 5.10 Å². The second kappa shape index (κ2) is 2.45. The number of hydroxylamine groups is 1. The second-order valence-electron chi connectivity index (χ2n) is 2.53. The largest absolute Gasteiger partial charge is 0.606 e. The van der Waals surface area contributed by atoms with Crippen LogP contribution in [0.5, 0.6) is 0 Å². The van der Waals surface area contributed by atoms with Gasteiger partial charge in [0.2, 0.25) is 0 Å². The molecule has 1 aromatic carbocycles. The molecule has 0 spiro atoms. The molecule has 1 heterocycles. The van der Waals surface area contributed by atoms with Gasteiger partial charge >= 0.3 is 0 Å². The van der Waals surface area contributed by atoms with Crippen LogP contribution in [0.1, 0.15) is 11.1 Å². The normalized spacial score (nSPS) is 21.4. The molecule has 0 aromatic heterocycles. The Morgan fingerprint density at radius 1 is 1.36 bits per heavy atom. The zero-order chi connectivity index (χ0) is 7.68. The van der Waals surface area contributed by atoms with Crippen molar-refractivity contribution in [3.05, 3.63) is 40.6 Å². The molecule has 3 nitrogen and oxygen atoms in total. The molecule has 11 heavy (non-hydrogen) atoms. The van der Waals surface area contributed by atoms with Gasteiger partial charge < -0.3 is 5.21 Å². The smallest absolute Gasteiger partial charge is 0.127 e. The molecule has 1 atom stereocenters. The molecule has 1 unspecified atom stereocenters. The molecule has 1 aromatic rings. The molecule has 1 N–H and O–H groups in total. The molecule has 0 amide bonds. The van der Waals surface area contributed by atoms with Crippen molar-refractivity contribution < 1.29 is 5.17 Å². The molecule has 0 saturated heterocycles. The second-order valence-corrected chi connectivity index (χ2v) is 2.53. The molecule has 0 aliphatic carbocycles. The first-order valence-corrected chi connectivity index (χ1v) is 3.51. The van der Waals surface area contributed by atoms with Crippen LogP contribution in [0.2, 0.25) is 0 Å². The fourth-order valence-corrected chi connectivity index (χ4v) is 1.17. The van der Waals surface area contributed by atoms with Crippen LogP contribution in [0.15, 0.2) is 29.4 Å². The highest BCUT2D eigenvalue weighted by Gasteiger charge is 2.07. The predicted molar refractivity (Wildman–Crippen MR) is 42.1 cm³/mol. The van der Waals surface area contributed by atoms with E-state index in [-0.39, 0.29) is 5.17 Å². The first-order chi connectivity index (χ1) is 5.36. The van der Waals surface area contributed by atoms with Crippen molar-refractivity contribution in [3.63, 3.8) is 0 Å². The Morgan fingerprint density at radius 2 is 2.18 bits per heavy atom. The zero-order valence-corrected chi connectivity index (χ0v) is 5.95. The van der Waals surface area contributed by atoms with E-state index in [2.05, 4.69) is 5.10 Å². The minimum Gasteiger partial charge on any atom is -0.606 e. The number of nitrogens with zero attached hydrogens (tertiary/aromatic N) is 1. The summed E-state index contributed by atoms with van der Waals surface area (Å²) in [4.78, 5) is 0. The number of quaternary nitrogens is 1. The SMILES string of the molecule is [O-][NH+]1Cc2ccccc2C=N1. The molecule has 3 heteroatoms. The predicted octanol–water partition coefficient (Wildman–Crippen LogP) is -0.0832. The zero-order valence-electron chi connectivity index (χ0n) is 5.95. The van der Waals surface area contributed by atoms with E-state index >= 15 is 0 Å². The van der Waals surface area contributed by atoms with Gasteiger partial charge in [-0.05, 0) is 0 Å². The topological polar surface area (TPSA) is 39.9 Å². The Balaban J connectivity index is 2.46. The Bertz CT molecular complexity index is 296. The third-order valence-electron chi connectivity index (χ3n) is 1.74. The molecule has 0 saturated carbocycles. The van der Waals surface area contributed by atoms with Crippen molar-refractivity contribution in [1.82, 2.24) is 0 Å². The summed E-state index contributed by atoms with van der Waals surface area (Å²) in [6.07, 6.45) is 1.63. The van der Waals surface area contributed by atoms with Crippen molar-refractivity contribution in [3.8, 4) is 0 Å². The molecule has 56 valence electrons. The number of nitrogens with one attached hydrogen (secondary N) is 1. The Kier molecular flexibility index (Phi) is 1.45. The van der Waals surface area contributed by atoms with Gasteiger partial charge in [0, 0.05) is 11.1 Å². The van der Waals surface area contributed by atoms with E-state index in [0.29, 0.717) is 6.54 Å².